The molecule has 0 saturated carbocycles. The quantitative estimate of drug-likeness (QED) is 0.557. The smallest absolute Gasteiger partial charge is 0.322 e. The fourth-order valence-electron chi connectivity index (χ4n) is 1.40. The van der Waals surface area contributed by atoms with Crippen LogP contribution in [-0.4, -0.2) is 39.1 Å². The average molecular weight is 272 g/mol. The second kappa shape index (κ2) is 8.10. The summed E-state index contributed by atoms with van der Waals surface area (Å²) in [6, 6.07) is -0.526. The summed E-state index contributed by atoms with van der Waals surface area (Å²) in [5.41, 5.74) is 5.70. The van der Waals surface area contributed by atoms with Gasteiger partial charge in [-0.2, -0.15) is 16.9 Å². The number of aryl methyl sites for hydroxylation is 1. The van der Waals surface area contributed by atoms with Crippen LogP contribution in [-0.2, 0) is 21.8 Å². The fourth-order valence-corrected chi connectivity index (χ4v) is 2.38. The van der Waals surface area contributed by atoms with Gasteiger partial charge in [0.15, 0.2) is 0 Å². The number of nitrogens with zero attached hydrogens (tertiary/aromatic N) is 3. The third-order valence-electron chi connectivity index (χ3n) is 2.39. The Bertz CT molecular complexity index is 370. The molecule has 102 valence electrons. The van der Waals surface area contributed by atoms with Crippen LogP contribution in [0.15, 0.2) is 6.33 Å². The number of hydrogen-bond acceptors (Lipinski definition) is 6. The zero-order valence-corrected chi connectivity index (χ0v) is 11.7. The molecule has 1 heterocycles. The predicted molar refractivity (Wildman–Crippen MR) is 71.1 cm³/mol. The van der Waals surface area contributed by atoms with Crippen LogP contribution in [0.25, 0.3) is 0 Å². The van der Waals surface area contributed by atoms with Crippen LogP contribution in [0.1, 0.15) is 26.1 Å². The molecule has 0 aromatic carbocycles. The largest absolute Gasteiger partial charge is 0.465 e. The standard InChI is InChI=1S/C11H20N4O2S/c1-3-15-10(13-8-14-15)7-18-6-5-9(12)11(16)17-4-2/h8-9H,3-7,12H2,1-2H3. The lowest BCUT2D eigenvalue weighted by molar-refractivity contribution is -0.144. The van der Waals surface area contributed by atoms with Crippen molar-refractivity contribution in [3.8, 4) is 0 Å². The van der Waals surface area contributed by atoms with Crippen molar-refractivity contribution in [1.29, 1.82) is 0 Å². The maximum atomic E-state index is 11.3. The highest BCUT2D eigenvalue weighted by Gasteiger charge is 2.14. The van der Waals surface area contributed by atoms with E-state index in [2.05, 4.69) is 10.1 Å². The predicted octanol–water partition coefficient (Wildman–Crippen LogP) is 0.812. The molecule has 0 spiro atoms. The van der Waals surface area contributed by atoms with Gasteiger partial charge in [-0.25, -0.2) is 9.67 Å². The van der Waals surface area contributed by atoms with Crippen LogP contribution in [0.5, 0.6) is 0 Å². The van der Waals surface area contributed by atoms with E-state index < -0.39 is 6.04 Å². The van der Waals surface area contributed by atoms with E-state index in [-0.39, 0.29) is 5.97 Å². The Kier molecular flexibility index (Phi) is 6.74. The van der Waals surface area contributed by atoms with Gasteiger partial charge in [-0.05, 0) is 26.0 Å². The summed E-state index contributed by atoms with van der Waals surface area (Å²) in [4.78, 5) is 15.5. The lowest BCUT2D eigenvalue weighted by atomic mass is 10.2. The van der Waals surface area contributed by atoms with Crippen LogP contribution in [0, 0.1) is 0 Å². The first kappa shape index (κ1) is 15.0. The van der Waals surface area contributed by atoms with E-state index in [0.29, 0.717) is 13.0 Å². The van der Waals surface area contributed by atoms with Crippen molar-refractivity contribution in [2.24, 2.45) is 5.73 Å². The number of thioether (sulfide) groups is 1. The summed E-state index contributed by atoms with van der Waals surface area (Å²) in [5, 5.41) is 4.09. The third-order valence-corrected chi connectivity index (χ3v) is 3.38. The molecule has 1 aromatic heterocycles. The van der Waals surface area contributed by atoms with Crippen molar-refractivity contribution in [2.75, 3.05) is 12.4 Å². The number of nitrogens with two attached hydrogens (primary N) is 1. The number of rotatable bonds is 8. The summed E-state index contributed by atoms with van der Waals surface area (Å²) in [6.07, 6.45) is 2.17. The Morgan fingerprint density at radius 3 is 3.06 bits per heavy atom. The van der Waals surface area contributed by atoms with Gasteiger partial charge >= 0.3 is 5.97 Å². The molecule has 6 nitrogen and oxygen atoms in total. The van der Waals surface area contributed by atoms with Gasteiger partial charge in [0.25, 0.3) is 0 Å². The molecule has 1 rings (SSSR count). The molecule has 2 N–H and O–H groups in total. The summed E-state index contributed by atoms with van der Waals surface area (Å²) >= 11 is 1.69. The Hall–Kier alpha value is -1.08. The second-order valence-electron chi connectivity index (χ2n) is 3.69. The van der Waals surface area contributed by atoms with Crippen LogP contribution >= 0.6 is 11.8 Å². The molecule has 7 heteroatoms. The minimum Gasteiger partial charge on any atom is -0.465 e. The number of aromatic nitrogens is 3. The molecule has 0 aliphatic heterocycles. The Labute approximate surface area is 111 Å². The first-order chi connectivity index (χ1) is 8.69. The lowest BCUT2D eigenvalue weighted by Crippen LogP contribution is -2.32. The lowest BCUT2D eigenvalue weighted by Gasteiger charge is -2.09. The highest BCUT2D eigenvalue weighted by Crippen LogP contribution is 2.11. The number of hydrogen-bond donors (Lipinski definition) is 1. The minimum atomic E-state index is -0.526. The van der Waals surface area contributed by atoms with Crippen molar-refractivity contribution >= 4 is 17.7 Å². The van der Waals surface area contributed by atoms with E-state index in [1.165, 1.54) is 0 Å². The summed E-state index contributed by atoms with van der Waals surface area (Å²) in [7, 11) is 0. The van der Waals surface area contributed by atoms with Crippen LogP contribution in [0.4, 0.5) is 0 Å². The van der Waals surface area contributed by atoms with Gasteiger partial charge in [0.05, 0.1) is 12.4 Å². The molecule has 0 saturated heterocycles. The first-order valence-electron chi connectivity index (χ1n) is 6.05. The van der Waals surface area contributed by atoms with E-state index in [1.807, 2.05) is 11.6 Å². The summed E-state index contributed by atoms with van der Waals surface area (Å²) in [6.45, 7) is 4.99. The van der Waals surface area contributed by atoms with E-state index in [1.54, 1.807) is 25.0 Å². The van der Waals surface area contributed by atoms with Crippen LogP contribution in [0.3, 0.4) is 0 Å². The maximum Gasteiger partial charge on any atom is 0.322 e. The normalized spacial score (nSPS) is 12.4. The fraction of sp³-hybridized carbons (Fsp3) is 0.727. The Balaban J connectivity index is 2.20. The van der Waals surface area contributed by atoms with E-state index in [9.17, 15) is 4.79 Å². The number of carbonyl (C=O) groups excluding carboxylic acids is 1. The molecule has 1 aromatic rings. The van der Waals surface area contributed by atoms with Gasteiger partial charge in [-0.3, -0.25) is 4.79 Å². The van der Waals surface area contributed by atoms with E-state index >= 15 is 0 Å². The first-order valence-corrected chi connectivity index (χ1v) is 7.21. The Morgan fingerprint density at radius 1 is 1.61 bits per heavy atom. The molecule has 1 unspecified atom stereocenters. The van der Waals surface area contributed by atoms with Crippen LogP contribution in [0.2, 0.25) is 0 Å². The summed E-state index contributed by atoms with van der Waals surface area (Å²) in [5.74, 6) is 2.21. The van der Waals surface area contributed by atoms with E-state index in [0.717, 1.165) is 23.9 Å². The molecule has 0 radical (unpaired) electrons. The highest BCUT2D eigenvalue weighted by molar-refractivity contribution is 7.98. The van der Waals surface area contributed by atoms with Gasteiger partial charge in [-0.1, -0.05) is 0 Å². The molecular formula is C11H20N4O2S. The van der Waals surface area contributed by atoms with Crippen molar-refractivity contribution in [1.82, 2.24) is 14.8 Å². The van der Waals surface area contributed by atoms with Crippen molar-refractivity contribution in [2.45, 2.75) is 38.6 Å². The van der Waals surface area contributed by atoms with Gasteiger partial charge in [0.2, 0.25) is 0 Å². The molecule has 0 fully saturated rings. The Morgan fingerprint density at radius 2 is 2.39 bits per heavy atom. The summed E-state index contributed by atoms with van der Waals surface area (Å²) < 4.78 is 6.70. The molecule has 0 aliphatic carbocycles. The topological polar surface area (TPSA) is 83.0 Å². The van der Waals surface area contributed by atoms with Gasteiger partial charge in [0, 0.05) is 6.54 Å². The SMILES string of the molecule is CCOC(=O)C(N)CCSCc1ncnn1CC. The number of ether oxygens (including phenoxy) is 1. The maximum absolute atomic E-state index is 11.3. The van der Waals surface area contributed by atoms with Gasteiger partial charge in [-0.15, -0.1) is 0 Å². The van der Waals surface area contributed by atoms with Crippen molar-refractivity contribution < 1.29 is 9.53 Å². The molecule has 18 heavy (non-hydrogen) atoms. The minimum absolute atomic E-state index is 0.324. The van der Waals surface area contributed by atoms with E-state index in [4.69, 9.17) is 10.5 Å². The van der Waals surface area contributed by atoms with Crippen molar-refractivity contribution in [3.63, 3.8) is 0 Å². The molecule has 0 bridgehead atoms. The van der Waals surface area contributed by atoms with Gasteiger partial charge in [0.1, 0.15) is 18.2 Å². The molecule has 0 amide bonds. The van der Waals surface area contributed by atoms with Gasteiger partial charge < -0.3 is 10.5 Å². The zero-order chi connectivity index (χ0) is 13.4. The molecular weight excluding hydrogens is 252 g/mol. The third kappa shape index (κ3) is 4.66. The average Bonchev–Trinajstić information content (AvgIpc) is 2.82. The highest BCUT2D eigenvalue weighted by atomic mass is 32.2. The number of esters is 1. The molecule has 0 aliphatic rings. The van der Waals surface area contributed by atoms with Crippen molar-refractivity contribution in [3.05, 3.63) is 12.2 Å². The monoisotopic (exact) mass is 272 g/mol. The second-order valence-corrected chi connectivity index (χ2v) is 4.80. The van der Waals surface area contributed by atoms with Crippen LogP contribution < -0.4 is 5.73 Å². The zero-order valence-electron chi connectivity index (χ0n) is 10.8. The molecule has 1 atom stereocenters. The number of carbonyl (C=O) groups is 1.